The van der Waals surface area contributed by atoms with Gasteiger partial charge in [-0.2, -0.15) is 0 Å². The second-order valence-electron chi connectivity index (χ2n) is 6.83. The average Bonchev–Trinajstić information content (AvgIpc) is 2.90. The topological polar surface area (TPSA) is 83.9 Å². The number of nitrogens with zero attached hydrogens (tertiary/aromatic N) is 1. The van der Waals surface area contributed by atoms with E-state index in [1.807, 2.05) is 4.90 Å². The Morgan fingerprint density at radius 2 is 2.09 bits per heavy atom. The van der Waals surface area contributed by atoms with Gasteiger partial charge in [0.1, 0.15) is 11.5 Å². The van der Waals surface area contributed by atoms with Gasteiger partial charge in [-0.3, -0.25) is 9.59 Å². The Kier molecular flexibility index (Phi) is 3.94. The zero-order valence-corrected chi connectivity index (χ0v) is 13.6. The van der Waals surface area contributed by atoms with E-state index in [0.717, 1.165) is 19.3 Å². The highest BCUT2D eigenvalue weighted by molar-refractivity contribution is 5.94. The van der Waals surface area contributed by atoms with Crippen LogP contribution >= 0.6 is 0 Å². The molecular formula is C17H23NO5. The van der Waals surface area contributed by atoms with Gasteiger partial charge in [-0.05, 0) is 32.1 Å². The molecule has 3 fully saturated rings. The number of hydrogen-bond donors (Lipinski definition) is 1. The van der Waals surface area contributed by atoms with Gasteiger partial charge in [0.25, 0.3) is 0 Å². The van der Waals surface area contributed by atoms with Crippen LogP contribution in [0.5, 0.6) is 0 Å². The van der Waals surface area contributed by atoms with E-state index in [1.165, 1.54) is 14.0 Å². The molecule has 1 unspecified atom stereocenters. The number of carboxylic acids is 1. The van der Waals surface area contributed by atoms with Crippen molar-refractivity contribution in [1.29, 1.82) is 0 Å². The third kappa shape index (κ3) is 2.18. The van der Waals surface area contributed by atoms with E-state index in [2.05, 4.69) is 0 Å². The van der Waals surface area contributed by atoms with Crippen LogP contribution in [0.25, 0.3) is 0 Å². The molecule has 1 aliphatic carbocycles. The van der Waals surface area contributed by atoms with Gasteiger partial charge < -0.3 is 14.7 Å². The van der Waals surface area contributed by atoms with Crippen LogP contribution in [0.4, 0.5) is 0 Å². The summed E-state index contributed by atoms with van der Waals surface area (Å²) in [4.78, 5) is 38.5. The number of carbonyl (C=O) groups excluding carboxylic acids is 2. The van der Waals surface area contributed by atoms with E-state index in [0.29, 0.717) is 25.8 Å². The Morgan fingerprint density at radius 1 is 1.35 bits per heavy atom. The van der Waals surface area contributed by atoms with Gasteiger partial charge in [0.15, 0.2) is 0 Å². The summed E-state index contributed by atoms with van der Waals surface area (Å²) in [5.41, 5.74) is -0.517. The molecule has 23 heavy (non-hydrogen) atoms. The van der Waals surface area contributed by atoms with E-state index in [4.69, 9.17) is 4.74 Å². The number of methoxy groups -OCH3 is 1. The molecule has 0 radical (unpaired) electrons. The summed E-state index contributed by atoms with van der Waals surface area (Å²) >= 11 is 0. The smallest absolute Gasteiger partial charge is 0.334 e. The van der Waals surface area contributed by atoms with Crippen LogP contribution in [-0.4, -0.2) is 46.9 Å². The normalized spacial score (nSPS) is 34.6. The van der Waals surface area contributed by atoms with Gasteiger partial charge in [0.2, 0.25) is 5.91 Å². The number of ether oxygens (including phenoxy) is 1. The summed E-state index contributed by atoms with van der Waals surface area (Å²) in [7, 11) is 1.41. The fourth-order valence-corrected chi connectivity index (χ4v) is 4.90. The predicted octanol–water partition coefficient (Wildman–Crippen LogP) is 1.74. The van der Waals surface area contributed by atoms with Crippen LogP contribution in [0.1, 0.15) is 45.4 Å². The third-order valence-electron chi connectivity index (χ3n) is 5.88. The number of aliphatic carboxylic acids is 1. The molecule has 0 bridgehead atoms. The minimum Gasteiger partial charge on any atom is -0.500 e. The summed E-state index contributed by atoms with van der Waals surface area (Å²) in [6.45, 7) is 2.12. The van der Waals surface area contributed by atoms with Gasteiger partial charge >= 0.3 is 5.97 Å². The second kappa shape index (κ2) is 5.65. The first-order valence-electron chi connectivity index (χ1n) is 8.24. The SMILES string of the molecule is CO/C(=C(\C)C(=O)O)C1C(=O)C[C@@H]2CCCCN3C(=O)CC[C@]123. The van der Waals surface area contributed by atoms with E-state index >= 15 is 0 Å². The van der Waals surface area contributed by atoms with Crippen molar-refractivity contribution in [2.75, 3.05) is 13.7 Å². The molecule has 0 aromatic heterocycles. The fraction of sp³-hybridized carbons (Fsp3) is 0.706. The van der Waals surface area contributed by atoms with Crippen LogP contribution < -0.4 is 0 Å². The van der Waals surface area contributed by atoms with Crippen LogP contribution in [0.15, 0.2) is 11.3 Å². The lowest BCUT2D eigenvalue weighted by Gasteiger charge is -2.42. The van der Waals surface area contributed by atoms with Crippen LogP contribution in [0.3, 0.4) is 0 Å². The van der Waals surface area contributed by atoms with Gasteiger partial charge in [0.05, 0.1) is 24.1 Å². The highest BCUT2D eigenvalue weighted by Gasteiger charge is 2.63. The molecule has 2 saturated heterocycles. The van der Waals surface area contributed by atoms with E-state index in [-0.39, 0.29) is 28.9 Å². The lowest BCUT2D eigenvalue weighted by atomic mass is 9.75. The number of carbonyl (C=O) groups is 3. The van der Waals surface area contributed by atoms with Crippen LogP contribution in [-0.2, 0) is 19.1 Å². The second-order valence-corrected chi connectivity index (χ2v) is 6.83. The maximum atomic E-state index is 12.8. The number of rotatable bonds is 3. The summed E-state index contributed by atoms with van der Waals surface area (Å²) in [6, 6.07) is 0. The monoisotopic (exact) mass is 321 g/mol. The minimum absolute atomic E-state index is 0.00838. The molecule has 2 aliphatic heterocycles. The first-order valence-corrected chi connectivity index (χ1v) is 8.24. The number of Topliss-reactive ketones (excluding diaryl/α,β-unsaturated/α-hetero) is 1. The predicted molar refractivity (Wildman–Crippen MR) is 81.5 cm³/mol. The molecule has 6 nitrogen and oxygen atoms in total. The highest BCUT2D eigenvalue weighted by Crippen LogP contribution is 2.55. The quantitative estimate of drug-likeness (QED) is 0.632. The lowest BCUT2D eigenvalue weighted by molar-refractivity contribution is -0.134. The maximum absolute atomic E-state index is 12.8. The standard InChI is InChI=1S/C17H23NO5/c1-10(16(21)22)15(23-2)14-12(19)9-11-5-3-4-8-18-13(20)6-7-17(11,14)18/h11,14H,3-9H2,1-2H3,(H,21,22)/b15-10+/t11-,14?,17+/m0/s1. The first-order chi connectivity index (χ1) is 10.9. The number of amides is 1. The van der Waals surface area contributed by atoms with Crippen molar-refractivity contribution >= 4 is 17.7 Å². The van der Waals surface area contributed by atoms with E-state index < -0.39 is 17.4 Å². The molecule has 1 N–H and O–H groups in total. The van der Waals surface area contributed by atoms with Crippen molar-refractivity contribution in [2.45, 2.75) is 51.0 Å². The Morgan fingerprint density at radius 3 is 2.74 bits per heavy atom. The molecule has 1 saturated carbocycles. The molecule has 2 heterocycles. The molecule has 3 atom stereocenters. The minimum atomic E-state index is -1.08. The Hall–Kier alpha value is -1.85. The molecule has 3 aliphatic rings. The van der Waals surface area contributed by atoms with Crippen molar-refractivity contribution in [3.8, 4) is 0 Å². The number of ketones is 1. The molecular weight excluding hydrogens is 298 g/mol. The highest BCUT2D eigenvalue weighted by atomic mass is 16.5. The van der Waals surface area contributed by atoms with E-state index in [1.54, 1.807) is 0 Å². The van der Waals surface area contributed by atoms with Gasteiger partial charge in [-0.15, -0.1) is 0 Å². The number of hydrogen-bond acceptors (Lipinski definition) is 4. The first kappa shape index (κ1) is 16.0. The van der Waals surface area contributed by atoms with Gasteiger partial charge in [0, 0.05) is 19.4 Å². The summed E-state index contributed by atoms with van der Waals surface area (Å²) in [6.07, 6.45) is 4.31. The zero-order valence-electron chi connectivity index (χ0n) is 13.6. The van der Waals surface area contributed by atoms with Gasteiger partial charge in [-0.1, -0.05) is 6.42 Å². The van der Waals surface area contributed by atoms with Crippen LogP contribution in [0.2, 0.25) is 0 Å². The van der Waals surface area contributed by atoms with Crippen molar-refractivity contribution in [3.63, 3.8) is 0 Å². The zero-order chi connectivity index (χ0) is 16.8. The Bertz CT molecular complexity index is 596. The van der Waals surface area contributed by atoms with Gasteiger partial charge in [-0.25, -0.2) is 4.79 Å². The number of carboxylic acid groups (broad SMARTS) is 1. The molecule has 126 valence electrons. The molecule has 1 amide bonds. The fourth-order valence-electron chi connectivity index (χ4n) is 4.90. The van der Waals surface area contributed by atoms with E-state index in [9.17, 15) is 19.5 Å². The Balaban J connectivity index is 2.15. The van der Waals surface area contributed by atoms with Crippen molar-refractivity contribution in [3.05, 3.63) is 11.3 Å². The summed E-state index contributed by atoms with van der Waals surface area (Å²) in [5.74, 6) is -1.29. The molecule has 1 spiro atoms. The summed E-state index contributed by atoms with van der Waals surface area (Å²) in [5, 5.41) is 9.34. The largest absolute Gasteiger partial charge is 0.500 e. The molecule has 6 heteroatoms. The Labute approximate surface area is 135 Å². The molecule has 3 rings (SSSR count). The summed E-state index contributed by atoms with van der Waals surface area (Å²) < 4.78 is 5.40. The molecule has 0 aromatic rings. The van der Waals surface area contributed by atoms with Crippen molar-refractivity contribution in [1.82, 2.24) is 4.90 Å². The van der Waals surface area contributed by atoms with Crippen molar-refractivity contribution in [2.24, 2.45) is 11.8 Å². The molecule has 0 aromatic carbocycles. The maximum Gasteiger partial charge on any atom is 0.334 e. The van der Waals surface area contributed by atoms with Crippen molar-refractivity contribution < 1.29 is 24.2 Å². The lowest BCUT2D eigenvalue weighted by Crippen LogP contribution is -2.53. The van der Waals surface area contributed by atoms with Crippen LogP contribution in [0, 0.1) is 11.8 Å². The average molecular weight is 321 g/mol. The third-order valence-corrected chi connectivity index (χ3v) is 5.88.